The summed E-state index contributed by atoms with van der Waals surface area (Å²) in [5, 5.41) is 2.54. The quantitative estimate of drug-likeness (QED) is 0.679. The zero-order valence-electron chi connectivity index (χ0n) is 14.0. The van der Waals surface area contributed by atoms with Crippen molar-refractivity contribution in [3.8, 4) is 0 Å². The third kappa shape index (κ3) is 3.17. The van der Waals surface area contributed by atoms with E-state index in [0.717, 1.165) is 6.42 Å². The predicted octanol–water partition coefficient (Wildman–Crippen LogP) is 3.26. The highest BCUT2D eigenvalue weighted by molar-refractivity contribution is 6.99. The molecule has 0 aromatic heterocycles. The molecule has 2 nitrogen and oxygen atoms in total. The van der Waals surface area contributed by atoms with Gasteiger partial charge in [-0.25, -0.2) is 0 Å². The SMILES string of the molecule is CCC(N)O[Si](c1ccccc1)(c1ccccc1)C(C)(C)C. The lowest BCUT2D eigenvalue weighted by atomic mass is 10.2. The molecule has 0 aliphatic carbocycles. The van der Waals surface area contributed by atoms with Crippen LogP contribution in [0.3, 0.4) is 0 Å². The molecule has 0 bridgehead atoms. The van der Waals surface area contributed by atoms with Crippen LogP contribution in [0.15, 0.2) is 60.7 Å². The molecule has 2 N–H and O–H groups in total. The van der Waals surface area contributed by atoms with Gasteiger partial charge < -0.3 is 10.2 Å². The Morgan fingerprint density at radius 3 is 1.64 bits per heavy atom. The fourth-order valence-electron chi connectivity index (χ4n) is 3.00. The Morgan fingerprint density at radius 1 is 0.909 bits per heavy atom. The number of benzene rings is 2. The molecule has 0 amide bonds. The Labute approximate surface area is 135 Å². The van der Waals surface area contributed by atoms with Crippen molar-refractivity contribution >= 4 is 18.7 Å². The van der Waals surface area contributed by atoms with Crippen molar-refractivity contribution in [2.45, 2.75) is 45.4 Å². The minimum absolute atomic E-state index is 0.0114. The van der Waals surface area contributed by atoms with Crippen molar-refractivity contribution < 1.29 is 4.43 Å². The molecule has 1 atom stereocenters. The largest absolute Gasteiger partial charge is 0.392 e. The molecule has 2 rings (SSSR count). The van der Waals surface area contributed by atoms with Gasteiger partial charge in [-0.1, -0.05) is 88.4 Å². The van der Waals surface area contributed by atoms with E-state index in [-0.39, 0.29) is 11.3 Å². The highest BCUT2D eigenvalue weighted by atomic mass is 28.4. The van der Waals surface area contributed by atoms with Crippen molar-refractivity contribution in [2.75, 3.05) is 0 Å². The van der Waals surface area contributed by atoms with Gasteiger partial charge in [-0.3, -0.25) is 0 Å². The topological polar surface area (TPSA) is 35.2 Å². The van der Waals surface area contributed by atoms with E-state index >= 15 is 0 Å². The third-order valence-corrected chi connectivity index (χ3v) is 9.21. The fourth-order valence-corrected chi connectivity index (χ4v) is 7.64. The first kappa shape index (κ1) is 16.9. The second-order valence-electron chi connectivity index (χ2n) is 6.73. The van der Waals surface area contributed by atoms with Gasteiger partial charge in [0.05, 0.1) is 6.23 Å². The highest BCUT2D eigenvalue weighted by Crippen LogP contribution is 2.37. The number of nitrogens with two attached hydrogens (primary N) is 1. The second kappa shape index (κ2) is 6.78. The Hall–Kier alpha value is -1.42. The molecule has 0 fully saturated rings. The summed E-state index contributed by atoms with van der Waals surface area (Å²) in [4.78, 5) is 0. The monoisotopic (exact) mass is 313 g/mol. The molecule has 3 heteroatoms. The van der Waals surface area contributed by atoms with Crippen LogP contribution < -0.4 is 16.1 Å². The van der Waals surface area contributed by atoms with Crippen LogP contribution in [-0.2, 0) is 4.43 Å². The summed E-state index contributed by atoms with van der Waals surface area (Å²) < 4.78 is 6.64. The molecule has 2 aromatic carbocycles. The molecule has 2 aromatic rings. The van der Waals surface area contributed by atoms with Gasteiger partial charge in [-0.15, -0.1) is 0 Å². The lowest BCUT2D eigenvalue weighted by molar-refractivity contribution is 0.190. The van der Waals surface area contributed by atoms with Crippen molar-refractivity contribution in [1.82, 2.24) is 0 Å². The van der Waals surface area contributed by atoms with Crippen LogP contribution in [0, 0.1) is 0 Å². The molecule has 0 radical (unpaired) electrons. The van der Waals surface area contributed by atoms with Gasteiger partial charge in [0.2, 0.25) is 0 Å². The van der Waals surface area contributed by atoms with Crippen molar-refractivity contribution in [3.63, 3.8) is 0 Å². The minimum atomic E-state index is -2.46. The van der Waals surface area contributed by atoms with E-state index < -0.39 is 8.32 Å². The van der Waals surface area contributed by atoms with Gasteiger partial charge >= 0.3 is 0 Å². The standard InChI is InChI=1S/C19H27NOSi/c1-5-18(20)21-22(19(2,3)4,16-12-8-6-9-13-16)17-14-10-7-11-15-17/h6-15,18H,5,20H2,1-4H3. The van der Waals surface area contributed by atoms with E-state index in [1.165, 1.54) is 10.4 Å². The summed E-state index contributed by atoms with van der Waals surface area (Å²) in [6.07, 6.45) is 0.566. The van der Waals surface area contributed by atoms with E-state index in [2.05, 4.69) is 88.4 Å². The van der Waals surface area contributed by atoms with Crippen LogP contribution in [0.4, 0.5) is 0 Å². The maximum atomic E-state index is 6.64. The Balaban J connectivity index is 2.70. The maximum absolute atomic E-state index is 6.64. The summed E-state index contributed by atoms with van der Waals surface area (Å²) >= 11 is 0. The molecule has 0 heterocycles. The summed E-state index contributed by atoms with van der Waals surface area (Å²) in [6, 6.07) is 21.2. The van der Waals surface area contributed by atoms with E-state index in [0.29, 0.717) is 0 Å². The maximum Gasteiger partial charge on any atom is 0.263 e. The fraction of sp³-hybridized carbons (Fsp3) is 0.368. The molecule has 0 aliphatic rings. The van der Waals surface area contributed by atoms with E-state index in [4.69, 9.17) is 10.2 Å². The lowest BCUT2D eigenvalue weighted by Crippen LogP contribution is -2.68. The van der Waals surface area contributed by atoms with Gasteiger partial charge in [0.25, 0.3) is 8.32 Å². The van der Waals surface area contributed by atoms with Crippen LogP contribution in [0.25, 0.3) is 0 Å². The number of rotatable bonds is 5. The zero-order chi connectivity index (χ0) is 16.2. The average molecular weight is 314 g/mol. The first-order chi connectivity index (χ1) is 10.4. The number of hydrogen-bond donors (Lipinski definition) is 1. The summed E-state index contributed by atoms with van der Waals surface area (Å²) in [5.74, 6) is 0. The zero-order valence-corrected chi connectivity index (χ0v) is 15.0. The minimum Gasteiger partial charge on any atom is -0.392 e. The van der Waals surface area contributed by atoms with E-state index in [9.17, 15) is 0 Å². The van der Waals surface area contributed by atoms with Gasteiger partial charge in [-0.2, -0.15) is 0 Å². The Morgan fingerprint density at radius 2 is 1.32 bits per heavy atom. The Bertz CT molecular complexity index is 538. The van der Waals surface area contributed by atoms with Crippen LogP contribution in [0.2, 0.25) is 5.04 Å². The summed E-state index contributed by atoms with van der Waals surface area (Å²) in [5.41, 5.74) is 6.24. The van der Waals surface area contributed by atoms with Crippen molar-refractivity contribution in [2.24, 2.45) is 5.73 Å². The molecule has 1 unspecified atom stereocenters. The lowest BCUT2D eigenvalue weighted by Gasteiger charge is -2.44. The Kier molecular flexibility index (Phi) is 5.22. The van der Waals surface area contributed by atoms with E-state index in [1.807, 2.05) is 0 Å². The summed E-state index contributed by atoms with van der Waals surface area (Å²) in [6.45, 7) is 8.87. The normalized spacial score (nSPS) is 13.9. The van der Waals surface area contributed by atoms with Gasteiger partial charge in [0.15, 0.2) is 0 Å². The molecule has 0 saturated carbocycles. The van der Waals surface area contributed by atoms with Crippen LogP contribution in [0.5, 0.6) is 0 Å². The van der Waals surface area contributed by atoms with Crippen LogP contribution >= 0.6 is 0 Å². The van der Waals surface area contributed by atoms with Crippen LogP contribution in [0.1, 0.15) is 34.1 Å². The smallest absolute Gasteiger partial charge is 0.263 e. The molecule has 22 heavy (non-hydrogen) atoms. The molecular formula is C19H27NOSi. The molecule has 0 aliphatic heterocycles. The van der Waals surface area contributed by atoms with E-state index in [1.54, 1.807) is 0 Å². The number of hydrogen-bond acceptors (Lipinski definition) is 2. The summed E-state index contributed by atoms with van der Waals surface area (Å²) in [7, 11) is -2.46. The van der Waals surface area contributed by atoms with Gasteiger partial charge in [0.1, 0.15) is 0 Å². The molecule has 0 saturated heterocycles. The average Bonchev–Trinajstić information content (AvgIpc) is 2.52. The molecule has 118 valence electrons. The molecular weight excluding hydrogens is 286 g/mol. The third-order valence-electron chi connectivity index (χ3n) is 4.15. The second-order valence-corrected chi connectivity index (χ2v) is 11.0. The first-order valence-electron chi connectivity index (χ1n) is 7.96. The highest BCUT2D eigenvalue weighted by Gasteiger charge is 2.50. The van der Waals surface area contributed by atoms with Crippen molar-refractivity contribution in [1.29, 1.82) is 0 Å². The molecule has 0 spiro atoms. The van der Waals surface area contributed by atoms with Crippen LogP contribution in [-0.4, -0.2) is 14.5 Å². The van der Waals surface area contributed by atoms with Gasteiger partial charge in [0, 0.05) is 0 Å². The van der Waals surface area contributed by atoms with Crippen molar-refractivity contribution in [3.05, 3.63) is 60.7 Å². The predicted molar refractivity (Wildman–Crippen MR) is 97.0 cm³/mol. The first-order valence-corrected chi connectivity index (χ1v) is 9.87. The van der Waals surface area contributed by atoms with Gasteiger partial charge in [-0.05, 0) is 21.8 Å².